The van der Waals surface area contributed by atoms with Crippen LogP contribution >= 0.6 is 0 Å². The highest BCUT2D eigenvalue weighted by molar-refractivity contribution is 5.55. The Labute approximate surface area is 101 Å². The van der Waals surface area contributed by atoms with Crippen molar-refractivity contribution in [2.75, 3.05) is 6.54 Å². The van der Waals surface area contributed by atoms with Gasteiger partial charge in [0, 0.05) is 12.0 Å². The predicted molar refractivity (Wildman–Crippen MR) is 66.6 cm³/mol. The Kier molecular flexibility index (Phi) is 3.54. The Morgan fingerprint density at radius 3 is 2.53 bits per heavy atom. The molecule has 0 spiro atoms. The Morgan fingerprint density at radius 2 is 1.88 bits per heavy atom. The van der Waals surface area contributed by atoms with Gasteiger partial charge in [0.05, 0.1) is 0 Å². The van der Waals surface area contributed by atoms with E-state index in [1.165, 1.54) is 11.1 Å². The second-order valence-corrected chi connectivity index (χ2v) is 4.28. The first-order valence-corrected chi connectivity index (χ1v) is 5.80. The molecular weight excluding hydrogens is 214 g/mol. The van der Waals surface area contributed by atoms with E-state index >= 15 is 0 Å². The summed E-state index contributed by atoms with van der Waals surface area (Å²) >= 11 is 0. The standard InChI is InChI=1S/C13H17N3O/c1-9-6-10(2)8-11(7-9)13-15-12(16-17-13)4-3-5-14/h6-8H,3-5,14H2,1-2H3. The zero-order valence-electron chi connectivity index (χ0n) is 10.2. The average Bonchev–Trinajstić information content (AvgIpc) is 2.73. The topological polar surface area (TPSA) is 64.9 Å². The number of rotatable bonds is 4. The molecule has 4 nitrogen and oxygen atoms in total. The van der Waals surface area contributed by atoms with Crippen molar-refractivity contribution in [3.05, 3.63) is 35.2 Å². The summed E-state index contributed by atoms with van der Waals surface area (Å²) in [5.41, 5.74) is 8.82. The average molecular weight is 231 g/mol. The van der Waals surface area contributed by atoms with Gasteiger partial charge in [-0.05, 0) is 38.9 Å². The number of benzene rings is 1. The van der Waals surface area contributed by atoms with E-state index in [9.17, 15) is 0 Å². The molecule has 2 N–H and O–H groups in total. The van der Waals surface area contributed by atoms with Gasteiger partial charge in [-0.15, -0.1) is 0 Å². The Bertz CT molecular complexity index is 485. The van der Waals surface area contributed by atoms with E-state index < -0.39 is 0 Å². The number of aromatic nitrogens is 2. The lowest BCUT2D eigenvalue weighted by atomic mass is 10.1. The van der Waals surface area contributed by atoms with Gasteiger partial charge in [0.25, 0.3) is 5.89 Å². The summed E-state index contributed by atoms with van der Waals surface area (Å²) in [6.07, 6.45) is 1.65. The summed E-state index contributed by atoms with van der Waals surface area (Å²) in [6, 6.07) is 6.22. The van der Waals surface area contributed by atoms with Crippen LogP contribution in [0.15, 0.2) is 22.7 Å². The van der Waals surface area contributed by atoms with Crippen LogP contribution in [0, 0.1) is 13.8 Å². The number of nitrogens with two attached hydrogens (primary N) is 1. The lowest BCUT2D eigenvalue weighted by Gasteiger charge is -1.99. The van der Waals surface area contributed by atoms with Crippen LogP contribution in [0.1, 0.15) is 23.4 Å². The largest absolute Gasteiger partial charge is 0.334 e. The monoisotopic (exact) mass is 231 g/mol. The second-order valence-electron chi connectivity index (χ2n) is 4.28. The minimum Gasteiger partial charge on any atom is -0.334 e. The summed E-state index contributed by atoms with van der Waals surface area (Å²) in [6.45, 7) is 4.76. The van der Waals surface area contributed by atoms with Crippen LogP contribution < -0.4 is 5.73 Å². The van der Waals surface area contributed by atoms with Crippen LogP contribution in [-0.4, -0.2) is 16.7 Å². The zero-order chi connectivity index (χ0) is 12.3. The fourth-order valence-corrected chi connectivity index (χ4v) is 1.83. The van der Waals surface area contributed by atoms with Crippen LogP contribution in [0.25, 0.3) is 11.5 Å². The third-order valence-electron chi connectivity index (χ3n) is 2.54. The van der Waals surface area contributed by atoms with Gasteiger partial charge in [-0.25, -0.2) is 0 Å². The molecule has 1 aromatic carbocycles. The molecule has 0 atom stereocenters. The van der Waals surface area contributed by atoms with Crippen LogP contribution in [0.3, 0.4) is 0 Å². The molecule has 0 saturated heterocycles. The van der Waals surface area contributed by atoms with Gasteiger partial charge in [-0.1, -0.05) is 22.3 Å². The minimum atomic E-state index is 0.587. The van der Waals surface area contributed by atoms with E-state index in [0.717, 1.165) is 24.2 Å². The fraction of sp³-hybridized carbons (Fsp3) is 0.385. The molecule has 0 radical (unpaired) electrons. The minimum absolute atomic E-state index is 0.587. The molecule has 1 heterocycles. The number of nitrogens with zero attached hydrogens (tertiary/aromatic N) is 2. The molecule has 1 aromatic heterocycles. The molecule has 17 heavy (non-hydrogen) atoms. The van der Waals surface area contributed by atoms with Crippen molar-refractivity contribution >= 4 is 0 Å². The van der Waals surface area contributed by atoms with E-state index in [1.807, 2.05) is 12.1 Å². The van der Waals surface area contributed by atoms with Gasteiger partial charge < -0.3 is 10.3 Å². The van der Waals surface area contributed by atoms with Crippen LogP contribution in [0.2, 0.25) is 0 Å². The van der Waals surface area contributed by atoms with E-state index in [4.69, 9.17) is 10.3 Å². The maximum absolute atomic E-state index is 5.45. The van der Waals surface area contributed by atoms with Crippen LogP contribution in [0.4, 0.5) is 0 Å². The molecule has 0 aliphatic rings. The van der Waals surface area contributed by atoms with Crippen molar-refractivity contribution in [2.24, 2.45) is 5.73 Å². The molecule has 2 rings (SSSR count). The summed E-state index contributed by atoms with van der Waals surface area (Å²) in [4.78, 5) is 4.37. The predicted octanol–water partition coefficient (Wildman–Crippen LogP) is 2.24. The SMILES string of the molecule is Cc1cc(C)cc(-c2nc(CCCN)no2)c1. The first-order chi connectivity index (χ1) is 8.19. The highest BCUT2D eigenvalue weighted by Crippen LogP contribution is 2.20. The van der Waals surface area contributed by atoms with Gasteiger partial charge in [0.2, 0.25) is 0 Å². The number of hydrogen-bond donors (Lipinski definition) is 1. The van der Waals surface area contributed by atoms with Crippen molar-refractivity contribution in [1.82, 2.24) is 10.1 Å². The molecule has 2 aromatic rings. The summed E-state index contributed by atoms with van der Waals surface area (Å²) in [7, 11) is 0. The highest BCUT2D eigenvalue weighted by Gasteiger charge is 2.09. The highest BCUT2D eigenvalue weighted by atomic mass is 16.5. The van der Waals surface area contributed by atoms with Crippen LogP contribution in [-0.2, 0) is 6.42 Å². The molecule has 4 heteroatoms. The first kappa shape index (κ1) is 11.8. The maximum Gasteiger partial charge on any atom is 0.257 e. The van der Waals surface area contributed by atoms with E-state index in [2.05, 4.69) is 30.1 Å². The fourth-order valence-electron chi connectivity index (χ4n) is 1.83. The molecule has 0 aliphatic carbocycles. The molecule has 0 bridgehead atoms. The quantitative estimate of drug-likeness (QED) is 0.876. The first-order valence-electron chi connectivity index (χ1n) is 5.80. The Balaban J connectivity index is 2.24. The van der Waals surface area contributed by atoms with Gasteiger partial charge in [-0.2, -0.15) is 4.98 Å². The normalized spacial score (nSPS) is 10.8. The molecule has 0 saturated carbocycles. The van der Waals surface area contributed by atoms with Crippen molar-refractivity contribution in [2.45, 2.75) is 26.7 Å². The third-order valence-corrected chi connectivity index (χ3v) is 2.54. The van der Waals surface area contributed by atoms with Gasteiger partial charge in [0.1, 0.15) is 0 Å². The Morgan fingerprint density at radius 1 is 1.18 bits per heavy atom. The lowest BCUT2D eigenvalue weighted by molar-refractivity contribution is 0.422. The zero-order valence-corrected chi connectivity index (χ0v) is 10.2. The van der Waals surface area contributed by atoms with Gasteiger partial charge >= 0.3 is 0 Å². The molecular formula is C13H17N3O. The van der Waals surface area contributed by atoms with Crippen molar-refractivity contribution in [3.8, 4) is 11.5 Å². The third kappa shape index (κ3) is 2.91. The van der Waals surface area contributed by atoms with Crippen molar-refractivity contribution in [1.29, 1.82) is 0 Å². The lowest BCUT2D eigenvalue weighted by Crippen LogP contribution is -2.01. The summed E-state index contributed by atoms with van der Waals surface area (Å²) in [5.74, 6) is 1.31. The smallest absolute Gasteiger partial charge is 0.257 e. The van der Waals surface area contributed by atoms with Crippen LogP contribution in [0.5, 0.6) is 0 Å². The van der Waals surface area contributed by atoms with E-state index in [1.54, 1.807) is 0 Å². The number of hydrogen-bond acceptors (Lipinski definition) is 4. The number of aryl methyl sites for hydroxylation is 3. The van der Waals surface area contributed by atoms with Gasteiger partial charge in [0.15, 0.2) is 5.82 Å². The van der Waals surface area contributed by atoms with Gasteiger partial charge in [-0.3, -0.25) is 0 Å². The van der Waals surface area contributed by atoms with E-state index in [0.29, 0.717) is 12.4 Å². The second kappa shape index (κ2) is 5.10. The molecule has 0 amide bonds. The Hall–Kier alpha value is -1.68. The van der Waals surface area contributed by atoms with Crippen molar-refractivity contribution in [3.63, 3.8) is 0 Å². The molecule has 0 aliphatic heterocycles. The van der Waals surface area contributed by atoms with Crippen molar-refractivity contribution < 1.29 is 4.52 Å². The molecule has 90 valence electrons. The maximum atomic E-state index is 5.45. The summed E-state index contributed by atoms with van der Waals surface area (Å²) in [5, 5.41) is 3.95. The summed E-state index contributed by atoms with van der Waals surface area (Å²) < 4.78 is 5.26. The molecule has 0 fully saturated rings. The molecule has 0 unspecified atom stereocenters. The van der Waals surface area contributed by atoms with E-state index in [-0.39, 0.29) is 0 Å².